The van der Waals surface area contributed by atoms with Crippen LogP contribution in [0.4, 0.5) is 0 Å². The van der Waals surface area contributed by atoms with Gasteiger partial charge in [-0.25, -0.2) is 4.98 Å². The number of benzene rings is 14. The van der Waals surface area contributed by atoms with Crippen LogP contribution in [0.2, 0.25) is 0 Å². The number of fused-ring (bicyclic) bond motifs is 18. The average Bonchev–Trinajstić information content (AvgIpc) is 4.13. The zero-order valence-electron chi connectivity index (χ0n) is 43.2. The second-order valence-corrected chi connectivity index (χ2v) is 23.3. The minimum Gasteiger partial charge on any atom is -0.247 e. The summed E-state index contributed by atoms with van der Waals surface area (Å²) >= 11 is 3.72. The molecule has 3 heteroatoms. The lowest BCUT2D eigenvalue weighted by atomic mass is 9.89. The third-order valence-electron chi connectivity index (χ3n) is 16.9. The van der Waals surface area contributed by atoms with Gasteiger partial charge in [0.25, 0.3) is 0 Å². The maximum Gasteiger partial charge on any atom is 0.0802 e. The standard InChI is InChI=1S/C77H45NS2/c1-2-21-56-54(19-1)55-20-3-5-23-58(55)69-43-50(33-36-60(56)69)48-17-11-15-46(41-48)47-16-12-18-49(42-47)51-34-37-61-57-22-4-6-24-59(57)71-45-52(35-38-62(71)70(61)44-51)53-39-40-72(67-29-13-27-65-63-25-7-9-31-73(63)79-76(65)67)78-75(53)68-30-14-28-66-64-26-8-10-32-74(64)80-77(66)68/h1-45H. The summed E-state index contributed by atoms with van der Waals surface area (Å²) in [5, 5.41) is 20.3. The summed E-state index contributed by atoms with van der Waals surface area (Å²) in [6, 6.07) is 101. The Bertz CT molecular complexity index is 5410. The zero-order chi connectivity index (χ0) is 52.4. The first-order chi connectivity index (χ1) is 39.6. The fourth-order valence-corrected chi connectivity index (χ4v) is 15.5. The third-order valence-corrected chi connectivity index (χ3v) is 19.3. The molecule has 0 saturated heterocycles. The predicted molar refractivity (Wildman–Crippen MR) is 348 cm³/mol. The van der Waals surface area contributed by atoms with Crippen LogP contribution in [0.5, 0.6) is 0 Å². The van der Waals surface area contributed by atoms with Crippen molar-refractivity contribution in [2.24, 2.45) is 0 Å². The van der Waals surface area contributed by atoms with Gasteiger partial charge in [-0.05, 0) is 152 Å². The average molecular weight is 1050 g/mol. The molecule has 17 rings (SSSR count). The third kappa shape index (κ3) is 7.04. The topological polar surface area (TPSA) is 12.9 Å². The highest BCUT2D eigenvalue weighted by Gasteiger charge is 2.21. The molecule has 0 aliphatic heterocycles. The van der Waals surface area contributed by atoms with Gasteiger partial charge in [-0.15, -0.1) is 22.7 Å². The van der Waals surface area contributed by atoms with E-state index in [1.165, 1.54) is 138 Å². The van der Waals surface area contributed by atoms with Gasteiger partial charge in [-0.1, -0.05) is 224 Å². The highest BCUT2D eigenvalue weighted by molar-refractivity contribution is 7.26. The quantitative estimate of drug-likeness (QED) is 0.151. The second-order valence-electron chi connectivity index (χ2n) is 21.2. The molecule has 0 atom stereocenters. The van der Waals surface area contributed by atoms with Gasteiger partial charge in [0.05, 0.1) is 11.4 Å². The maximum absolute atomic E-state index is 5.76. The molecular formula is C77H45NS2. The molecule has 0 saturated carbocycles. The summed E-state index contributed by atoms with van der Waals surface area (Å²) in [6.07, 6.45) is 0. The van der Waals surface area contributed by atoms with E-state index in [9.17, 15) is 0 Å². The van der Waals surface area contributed by atoms with Crippen molar-refractivity contribution in [1.82, 2.24) is 4.98 Å². The van der Waals surface area contributed by atoms with Crippen molar-refractivity contribution in [2.75, 3.05) is 0 Å². The van der Waals surface area contributed by atoms with Gasteiger partial charge in [0.2, 0.25) is 0 Å². The second kappa shape index (κ2) is 17.9. The summed E-state index contributed by atoms with van der Waals surface area (Å²) in [7, 11) is 0. The lowest BCUT2D eigenvalue weighted by Gasteiger charge is -2.16. The first kappa shape index (κ1) is 45.3. The van der Waals surface area contributed by atoms with Crippen molar-refractivity contribution >= 4 is 128 Å². The highest BCUT2D eigenvalue weighted by atomic mass is 32.1. The summed E-state index contributed by atoms with van der Waals surface area (Å²) in [5.74, 6) is 0. The molecular weight excluding hydrogens is 1000 g/mol. The molecule has 0 amide bonds. The van der Waals surface area contributed by atoms with Gasteiger partial charge in [-0.2, -0.15) is 0 Å². The predicted octanol–water partition coefficient (Wildman–Crippen LogP) is 22.7. The molecule has 0 N–H and O–H groups in total. The van der Waals surface area contributed by atoms with Crippen molar-refractivity contribution in [3.8, 4) is 67.0 Å². The van der Waals surface area contributed by atoms with E-state index in [0.29, 0.717) is 0 Å². The summed E-state index contributed by atoms with van der Waals surface area (Å²) < 4.78 is 5.10. The van der Waals surface area contributed by atoms with Crippen molar-refractivity contribution < 1.29 is 0 Å². The molecule has 0 fully saturated rings. The van der Waals surface area contributed by atoms with Crippen LogP contribution in [0.25, 0.3) is 172 Å². The van der Waals surface area contributed by atoms with Crippen molar-refractivity contribution in [3.63, 3.8) is 0 Å². The Hall–Kier alpha value is -9.77. The Morgan fingerprint density at radius 2 is 0.537 bits per heavy atom. The normalized spacial score (nSPS) is 12.0. The molecule has 0 spiro atoms. The largest absolute Gasteiger partial charge is 0.247 e. The minimum absolute atomic E-state index is 0.980. The molecule has 0 bridgehead atoms. The molecule has 1 nitrogen and oxygen atoms in total. The van der Waals surface area contributed by atoms with E-state index in [0.717, 1.165) is 33.6 Å². The Morgan fingerprint density at radius 3 is 1.02 bits per heavy atom. The molecule has 0 radical (unpaired) electrons. The van der Waals surface area contributed by atoms with Gasteiger partial charge >= 0.3 is 0 Å². The van der Waals surface area contributed by atoms with Crippen LogP contribution < -0.4 is 0 Å². The Kier molecular flexibility index (Phi) is 10.1. The van der Waals surface area contributed by atoms with Gasteiger partial charge in [0.15, 0.2) is 0 Å². The molecule has 0 aliphatic rings. The molecule has 80 heavy (non-hydrogen) atoms. The van der Waals surface area contributed by atoms with Crippen LogP contribution in [0, 0.1) is 0 Å². The van der Waals surface area contributed by atoms with E-state index in [4.69, 9.17) is 4.98 Å². The number of pyridine rings is 1. The van der Waals surface area contributed by atoms with Crippen LogP contribution in [-0.4, -0.2) is 4.98 Å². The van der Waals surface area contributed by atoms with Crippen molar-refractivity contribution in [2.45, 2.75) is 0 Å². The number of nitrogens with zero attached hydrogens (tertiary/aromatic N) is 1. The molecule has 3 heterocycles. The summed E-state index contributed by atoms with van der Waals surface area (Å²) in [4.78, 5) is 5.76. The number of thiophene rings is 2. The molecule has 14 aromatic carbocycles. The van der Waals surface area contributed by atoms with Crippen LogP contribution in [0.3, 0.4) is 0 Å². The van der Waals surface area contributed by atoms with Gasteiger partial charge < -0.3 is 0 Å². The Morgan fingerprint density at radius 1 is 0.200 bits per heavy atom. The number of hydrogen-bond donors (Lipinski definition) is 0. The molecule has 3 aromatic heterocycles. The number of rotatable bonds is 6. The van der Waals surface area contributed by atoms with E-state index in [2.05, 4.69) is 273 Å². The number of aromatic nitrogens is 1. The van der Waals surface area contributed by atoms with Crippen LogP contribution in [-0.2, 0) is 0 Å². The fraction of sp³-hybridized carbons (Fsp3) is 0. The lowest BCUT2D eigenvalue weighted by Crippen LogP contribution is -1.94. The lowest BCUT2D eigenvalue weighted by molar-refractivity contribution is 1.34. The van der Waals surface area contributed by atoms with Crippen LogP contribution in [0.15, 0.2) is 273 Å². The van der Waals surface area contributed by atoms with Crippen LogP contribution in [0.1, 0.15) is 0 Å². The van der Waals surface area contributed by atoms with Crippen molar-refractivity contribution in [1.29, 1.82) is 0 Å². The van der Waals surface area contributed by atoms with Crippen LogP contribution >= 0.6 is 22.7 Å². The highest BCUT2D eigenvalue weighted by Crippen LogP contribution is 2.47. The SMILES string of the molecule is c1cc(-c2cccc(-c3ccc4c5ccccc5c5cc(-c6ccc(-c7cccc8c7sc7ccccc78)nc6-c6cccc7c6sc6ccccc67)ccc5c4c3)c2)cc(-c2ccc3c4ccccc4c4ccccc4c3c2)c1. The van der Waals surface area contributed by atoms with E-state index in [1.54, 1.807) is 0 Å². The molecule has 17 aromatic rings. The van der Waals surface area contributed by atoms with Gasteiger partial charge in [0, 0.05) is 57.0 Å². The van der Waals surface area contributed by atoms with Gasteiger partial charge in [0.1, 0.15) is 0 Å². The molecule has 370 valence electrons. The van der Waals surface area contributed by atoms with E-state index in [1.807, 2.05) is 22.7 Å². The smallest absolute Gasteiger partial charge is 0.0802 e. The maximum atomic E-state index is 5.76. The first-order valence-electron chi connectivity index (χ1n) is 27.4. The van der Waals surface area contributed by atoms with E-state index in [-0.39, 0.29) is 0 Å². The van der Waals surface area contributed by atoms with Crippen molar-refractivity contribution in [3.05, 3.63) is 273 Å². The first-order valence-corrected chi connectivity index (χ1v) is 29.0. The fourth-order valence-electron chi connectivity index (χ4n) is 13.1. The van der Waals surface area contributed by atoms with Gasteiger partial charge in [-0.3, -0.25) is 0 Å². The van der Waals surface area contributed by atoms with E-state index < -0.39 is 0 Å². The summed E-state index contributed by atoms with van der Waals surface area (Å²) in [5.41, 5.74) is 13.7. The summed E-state index contributed by atoms with van der Waals surface area (Å²) in [6.45, 7) is 0. The Labute approximate surface area is 469 Å². The molecule has 0 aliphatic carbocycles. The Balaban J connectivity index is 0.792. The zero-order valence-corrected chi connectivity index (χ0v) is 44.9. The van der Waals surface area contributed by atoms with E-state index >= 15 is 0 Å². The monoisotopic (exact) mass is 1050 g/mol. The molecule has 0 unspecified atom stereocenters. The number of hydrogen-bond acceptors (Lipinski definition) is 3. The minimum atomic E-state index is 0.980.